The van der Waals surface area contributed by atoms with Crippen LogP contribution >= 0.6 is 23.2 Å². The van der Waals surface area contributed by atoms with Gasteiger partial charge in [-0.3, -0.25) is 0 Å². The maximum absolute atomic E-state index is 13.1. The summed E-state index contributed by atoms with van der Waals surface area (Å²) < 4.78 is 13.1. The first-order chi connectivity index (χ1) is 6.43. The van der Waals surface area contributed by atoms with Gasteiger partial charge in [-0.25, -0.2) is 4.39 Å². The number of benzene rings is 1. The van der Waals surface area contributed by atoms with Crippen molar-refractivity contribution in [3.8, 4) is 0 Å². The minimum absolute atomic E-state index is 0.0952. The highest BCUT2D eigenvalue weighted by Crippen LogP contribution is 2.28. The summed E-state index contributed by atoms with van der Waals surface area (Å²) in [6.45, 7) is 1.52. The standard InChI is InChI=1S/C9H10Cl2FNO/c1-4(14)9(13)5-2-6(10)8(11)7(12)3-5/h2-4,9,14H,13H2,1H3/t4?,9-/m0/s1. The zero-order valence-corrected chi connectivity index (χ0v) is 8.98. The molecule has 3 N–H and O–H groups in total. The van der Waals surface area contributed by atoms with E-state index in [1.807, 2.05) is 0 Å². The van der Waals surface area contributed by atoms with E-state index in [0.717, 1.165) is 0 Å². The molecule has 0 aliphatic carbocycles. The second-order valence-electron chi connectivity index (χ2n) is 3.06. The van der Waals surface area contributed by atoms with Crippen molar-refractivity contribution in [3.05, 3.63) is 33.6 Å². The molecule has 0 aromatic heterocycles. The molecular formula is C9H10Cl2FNO. The Bertz CT molecular complexity index is 321. The first-order valence-electron chi connectivity index (χ1n) is 4.01. The molecule has 1 rings (SSSR count). The van der Waals surface area contributed by atoms with E-state index in [-0.39, 0.29) is 10.0 Å². The lowest BCUT2D eigenvalue weighted by Crippen LogP contribution is -2.23. The van der Waals surface area contributed by atoms with Crippen molar-refractivity contribution >= 4 is 23.2 Å². The van der Waals surface area contributed by atoms with Crippen LogP contribution in [-0.4, -0.2) is 11.2 Å². The number of hydrogen-bond donors (Lipinski definition) is 2. The normalized spacial score (nSPS) is 15.3. The van der Waals surface area contributed by atoms with Crippen LogP contribution in [0.1, 0.15) is 18.5 Å². The lowest BCUT2D eigenvalue weighted by Gasteiger charge is -2.15. The molecule has 2 atom stereocenters. The molecule has 0 spiro atoms. The highest BCUT2D eigenvalue weighted by atomic mass is 35.5. The second kappa shape index (κ2) is 4.45. The number of hydrogen-bond acceptors (Lipinski definition) is 2. The molecule has 0 radical (unpaired) electrons. The number of rotatable bonds is 2. The Morgan fingerprint density at radius 1 is 1.43 bits per heavy atom. The fraction of sp³-hybridized carbons (Fsp3) is 0.333. The van der Waals surface area contributed by atoms with Crippen LogP contribution in [0.4, 0.5) is 4.39 Å². The third-order valence-corrected chi connectivity index (χ3v) is 2.69. The fourth-order valence-corrected chi connectivity index (χ4v) is 1.37. The van der Waals surface area contributed by atoms with Crippen molar-refractivity contribution in [1.82, 2.24) is 0 Å². The zero-order valence-electron chi connectivity index (χ0n) is 7.47. The molecule has 0 aliphatic heterocycles. The van der Waals surface area contributed by atoms with E-state index >= 15 is 0 Å². The minimum Gasteiger partial charge on any atom is -0.391 e. The van der Waals surface area contributed by atoms with Gasteiger partial charge in [-0.2, -0.15) is 0 Å². The largest absolute Gasteiger partial charge is 0.391 e. The molecule has 1 aromatic carbocycles. The van der Waals surface area contributed by atoms with E-state index in [4.69, 9.17) is 28.9 Å². The Hall–Kier alpha value is -0.350. The van der Waals surface area contributed by atoms with Crippen LogP contribution in [0.25, 0.3) is 0 Å². The van der Waals surface area contributed by atoms with Crippen LogP contribution in [0.3, 0.4) is 0 Å². The van der Waals surface area contributed by atoms with Gasteiger partial charge < -0.3 is 10.8 Å². The summed E-state index contributed by atoms with van der Waals surface area (Å²) in [4.78, 5) is 0. The first kappa shape index (κ1) is 11.7. The van der Waals surface area contributed by atoms with Crippen molar-refractivity contribution in [2.24, 2.45) is 5.73 Å². The average molecular weight is 238 g/mol. The van der Waals surface area contributed by atoms with Crippen molar-refractivity contribution in [1.29, 1.82) is 0 Å². The van der Waals surface area contributed by atoms with Gasteiger partial charge in [0.05, 0.1) is 22.2 Å². The van der Waals surface area contributed by atoms with Gasteiger partial charge in [-0.05, 0) is 24.6 Å². The summed E-state index contributed by atoms with van der Waals surface area (Å²) in [6, 6.07) is 1.95. The van der Waals surface area contributed by atoms with Gasteiger partial charge in [0, 0.05) is 0 Å². The molecule has 0 amide bonds. The molecule has 14 heavy (non-hydrogen) atoms. The summed E-state index contributed by atoms with van der Waals surface area (Å²) in [5.41, 5.74) is 6.03. The van der Waals surface area contributed by atoms with E-state index < -0.39 is 18.0 Å². The Morgan fingerprint density at radius 3 is 2.43 bits per heavy atom. The van der Waals surface area contributed by atoms with E-state index in [1.165, 1.54) is 19.1 Å². The molecule has 5 heteroatoms. The molecule has 0 fully saturated rings. The Kier molecular flexibility index (Phi) is 3.72. The smallest absolute Gasteiger partial charge is 0.143 e. The van der Waals surface area contributed by atoms with Crippen LogP contribution < -0.4 is 5.73 Å². The lowest BCUT2D eigenvalue weighted by molar-refractivity contribution is 0.164. The van der Waals surface area contributed by atoms with E-state index in [0.29, 0.717) is 5.56 Å². The Morgan fingerprint density at radius 2 is 2.00 bits per heavy atom. The van der Waals surface area contributed by atoms with Gasteiger partial charge >= 0.3 is 0 Å². The van der Waals surface area contributed by atoms with Crippen LogP contribution in [0, 0.1) is 5.82 Å². The molecule has 0 bridgehead atoms. The SMILES string of the molecule is CC(O)[C@H](N)c1cc(F)c(Cl)c(Cl)c1. The van der Waals surface area contributed by atoms with Gasteiger partial charge in [0.2, 0.25) is 0 Å². The fourth-order valence-electron chi connectivity index (χ4n) is 1.05. The lowest BCUT2D eigenvalue weighted by atomic mass is 10.0. The Labute approximate surface area is 91.4 Å². The van der Waals surface area contributed by atoms with Crippen molar-refractivity contribution in [3.63, 3.8) is 0 Å². The van der Waals surface area contributed by atoms with Crippen molar-refractivity contribution in [2.75, 3.05) is 0 Å². The molecule has 0 saturated heterocycles. The summed E-state index contributed by atoms with van der Waals surface area (Å²) in [5, 5.41) is 9.17. The second-order valence-corrected chi connectivity index (χ2v) is 3.85. The average Bonchev–Trinajstić information content (AvgIpc) is 2.12. The van der Waals surface area contributed by atoms with Gasteiger partial charge in [-0.1, -0.05) is 23.2 Å². The molecule has 1 unspecified atom stereocenters. The zero-order chi connectivity index (χ0) is 10.9. The number of aliphatic hydroxyl groups excluding tert-OH is 1. The van der Waals surface area contributed by atoms with Gasteiger partial charge in [0.1, 0.15) is 5.82 Å². The highest BCUT2D eigenvalue weighted by molar-refractivity contribution is 6.42. The quantitative estimate of drug-likeness (QED) is 0.777. The van der Waals surface area contributed by atoms with Crippen molar-refractivity contribution in [2.45, 2.75) is 19.1 Å². The van der Waals surface area contributed by atoms with Crippen LogP contribution in [0.5, 0.6) is 0 Å². The topological polar surface area (TPSA) is 46.2 Å². The monoisotopic (exact) mass is 237 g/mol. The van der Waals surface area contributed by atoms with Gasteiger partial charge in [0.25, 0.3) is 0 Å². The van der Waals surface area contributed by atoms with E-state index in [9.17, 15) is 9.50 Å². The molecular weight excluding hydrogens is 228 g/mol. The summed E-state index contributed by atoms with van der Waals surface area (Å²) in [7, 11) is 0. The first-order valence-corrected chi connectivity index (χ1v) is 4.77. The molecule has 0 heterocycles. The maximum atomic E-state index is 13.1. The third-order valence-electron chi connectivity index (χ3n) is 1.91. The molecule has 2 nitrogen and oxygen atoms in total. The predicted molar refractivity (Wildman–Crippen MR) is 55.0 cm³/mol. The summed E-state index contributed by atoms with van der Waals surface area (Å²) in [5.74, 6) is -0.634. The maximum Gasteiger partial charge on any atom is 0.143 e. The highest BCUT2D eigenvalue weighted by Gasteiger charge is 2.15. The van der Waals surface area contributed by atoms with Gasteiger partial charge in [0.15, 0.2) is 0 Å². The number of nitrogens with two attached hydrogens (primary N) is 1. The van der Waals surface area contributed by atoms with E-state index in [1.54, 1.807) is 0 Å². The molecule has 1 aromatic rings. The predicted octanol–water partition coefficient (Wildman–Crippen LogP) is 2.51. The molecule has 0 saturated carbocycles. The molecule has 78 valence electrons. The molecule has 0 aliphatic rings. The van der Waals surface area contributed by atoms with E-state index in [2.05, 4.69) is 0 Å². The summed E-state index contributed by atoms with van der Waals surface area (Å²) >= 11 is 11.2. The van der Waals surface area contributed by atoms with Crippen LogP contribution in [-0.2, 0) is 0 Å². The van der Waals surface area contributed by atoms with Crippen LogP contribution in [0.2, 0.25) is 10.0 Å². The minimum atomic E-state index is -0.772. The van der Waals surface area contributed by atoms with Crippen molar-refractivity contribution < 1.29 is 9.50 Å². The third kappa shape index (κ3) is 2.36. The van der Waals surface area contributed by atoms with Gasteiger partial charge in [-0.15, -0.1) is 0 Å². The number of halogens is 3. The Balaban J connectivity index is 3.12. The summed E-state index contributed by atoms with van der Waals surface area (Å²) in [6.07, 6.45) is -0.772. The number of aliphatic hydroxyl groups is 1. The van der Waals surface area contributed by atoms with Crippen LogP contribution in [0.15, 0.2) is 12.1 Å².